The normalized spacial score (nSPS) is 12.2. The van der Waals surface area contributed by atoms with E-state index in [0.717, 1.165) is 5.69 Å². The number of anilines is 2. The van der Waals surface area contributed by atoms with Gasteiger partial charge in [-0.3, -0.25) is 4.79 Å². The number of nitrogens with one attached hydrogen (secondary N) is 2. The van der Waals surface area contributed by atoms with Crippen molar-refractivity contribution in [1.29, 1.82) is 0 Å². The first-order valence-electron chi connectivity index (χ1n) is 8.27. The summed E-state index contributed by atoms with van der Waals surface area (Å²) in [4.78, 5) is 23.6. The van der Waals surface area contributed by atoms with Crippen LogP contribution in [0.1, 0.15) is 16.8 Å². The van der Waals surface area contributed by atoms with E-state index in [2.05, 4.69) is 15.4 Å². The van der Waals surface area contributed by atoms with Crippen LogP contribution >= 0.6 is 0 Å². The van der Waals surface area contributed by atoms with Gasteiger partial charge in [0.05, 0.1) is 12.7 Å². The number of carbonyl (C=O) groups is 2. The Morgan fingerprint density at radius 1 is 1.04 bits per heavy atom. The van der Waals surface area contributed by atoms with Gasteiger partial charge in [-0.15, -0.1) is 0 Å². The summed E-state index contributed by atoms with van der Waals surface area (Å²) >= 11 is 0. The van der Waals surface area contributed by atoms with Crippen LogP contribution in [-0.2, 0) is 9.53 Å². The molecule has 3 rings (SSSR count). The summed E-state index contributed by atoms with van der Waals surface area (Å²) in [6, 6.07) is 12.2. The molecule has 0 aromatic heterocycles. The average molecular weight is 356 g/mol. The zero-order valence-electron chi connectivity index (χ0n) is 14.4. The molecule has 2 aromatic carbocycles. The van der Waals surface area contributed by atoms with E-state index in [4.69, 9.17) is 9.47 Å². The van der Waals surface area contributed by atoms with Crippen molar-refractivity contribution in [2.75, 3.05) is 37.5 Å². The molecule has 0 aliphatic carbocycles. The SMILES string of the molecule is COC(=O)c1cccc(NCCC(=O)Nc2ccc3c(c2)OCCO3)c1. The summed E-state index contributed by atoms with van der Waals surface area (Å²) in [5.41, 5.74) is 1.87. The first kappa shape index (κ1) is 17.6. The zero-order valence-corrected chi connectivity index (χ0v) is 14.4. The van der Waals surface area contributed by atoms with Gasteiger partial charge in [0.1, 0.15) is 13.2 Å². The van der Waals surface area contributed by atoms with Gasteiger partial charge in [-0.05, 0) is 30.3 Å². The molecule has 0 radical (unpaired) electrons. The number of methoxy groups -OCH3 is 1. The smallest absolute Gasteiger partial charge is 0.337 e. The molecular weight excluding hydrogens is 336 g/mol. The van der Waals surface area contributed by atoms with Crippen LogP contribution in [0.4, 0.5) is 11.4 Å². The van der Waals surface area contributed by atoms with E-state index in [1.807, 2.05) is 6.07 Å². The molecule has 2 N–H and O–H groups in total. The Labute approximate surface area is 151 Å². The van der Waals surface area contributed by atoms with Crippen molar-refractivity contribution in [2.24, 2.45) is 0 Å². The Morgan fingerprint density at radius 2 is 1.85 bits per heavy atom. The van der Waals surface area contributed by atoms with E-state index in [9.17, 15) is 9.59 Å². The Bertz CT molecular complexity index is 806. The first-order chi connectivity index (χ1) is 12.7. The Balaban J connectivity index is 1.49. The molecule has 1 aliphatic rings. The minimum atomic E-state index is -0.398. The van der Waals surface area contributed by atoms with E-state index in [-0.39, 0.29) is 12.3 Å². The molecule has 136 valence electrons. The van der Waals surface area contributed by atoms with E-state index in [0.29, 0.717) is 42.5 Å². The molecule has 7 heteroatoms. The maximum Gasteiger partial charge on any atom is 0.337 e. The fourth-order valence-electron chi connectivity index (χ4n) is 2.54. The molecule has 1 aliphatic heterocycles. The summed E-state index contributed by atoms with van der Waals surface area (Å²) in [5.74, 6) is 0.788. The first-order valence-corrected chi connectivity index (χ1v) is 8.27. The second-order valence-electron chi connectivity index (χ2n) is 5.66. The second-order valence-corrected chi connectivity index (χ2v) is 5.66. The summed E-state index contributed by atoms with van der Waals surface area (Å²) in [6.07, 6.45) is 0.275. The molecular formula is C19H20N2O5. The van der Waals surface area contributed by atoms with E-state index in [1.165, 1.54) is 7.11 Å². The lowest BCUT2D eigenvalue weighted by molar-refractivity contribution is -0.115. The lowest BCUT2D eigenvalue weighted by Crippen LogP contribution is -2.18. The molecule has 26 heavy (non-hydrogen) atoms. The van der Waals surface area contributed by atoms with E-state index in [1.54, 1.807) is 36.4 Å². The minimum Gasteiger partial charge on any atom is -0.486 e. The maximum atomic E-state index is 12.1. The number of ether oxygens (including phenoxy) is 3. The lowest BCUT2D eigenvalue weighted by Gasteiger charge is -2.19. The molecule has 0 saturated carbocycles. The molecule has 0 saturated heterocycles. The van der Waals surface area contributed by atoms with Gasteiger partial charge in [0.25, 0.3) is 0 Å². The summed E-state index contributed by atoms with van der Waals surface area (Å²) in [7, 11) is 1.34. The average Bonchev–Trinajstić information content (AvgIpc) is 2.67. The number of rotatable bonds is 6. The lowest BCUT2D eigenvalue weighted by atomic mass is 10.2. The number of amides is 1. The monoisotopic (exact) mass is 356 g/mol. The van der Waals surface area contributed by atoms with Crippen LogP contribution in [0.5, 0.6) is 11.5 Å². The quantitative estimate of drug-likeness (QED) is 0.774. The van der Waals surface area contributed by atoms with Crippen LogP contribution in [0.3, 0.4) is 0 Å². The standard InChI is InChI=1S/C19H20N2O5/c1-24-19(23)13-3-2-4-14(11-13)20-8-7-18(22)21-15-5-6-16-17(12-15)26-10-9-25-16/h2-6,11-12,20H,7-10H2,1H3,(H,21,22). The van der Waals surface area contributed by atoms with Crippen molar-refractivity contribution in [3.05, 3.63) is 48.0 Å². The number of hydrogen-bond donors (Lipinski definition) is 2. The predicted molar refractivity (Wildman–Crippen MR) is 96.9 cm³/mol. The molecule has 0 unspecified atom stereocenters. The highest BCUT2D eigenvalue weighted by Crippen LogP contribution is 2.32. The molecule has 1 amide bonds. The van der Waals surface area contributed by atoms with Crippen molar-refractivity contribution in [3.63, 3.8) is 0 Å². The van der Waals surface area contributed by atoms with Crippen LogP contribution in [0.2, 0.25) is 0 Å². The number of esters is 1. The van der Waals surface area contributed by atoms with Crippen molar-refractivity contribution in [1.82, 2.24) is 0 Å². The second kappa shape index (κ2) is 8.24. The molecule has 2 aromatic rings. The molecule has 1 heterocycles. The van der Waals surface area contributed by atoms with Gasteiger partial charge in [0.2, 0.25) is 5.91 Å². The highest BCUT2D eigenvalue weighted by Gasteiger charge is 2.12. The van der Waals surface area contributed by atoms with Gasteiger partial charge in [-0.25, -0.2) is 4.79 Å². The van der Waals surface area contributed by atoms with Crippen molar-refractivity contribution < 1.29 is 23.8 Å². The molecule has 0 fully saturated rings. The maximum absolute atomic E-state index is 12.1. The Morgan fingerprint density at radius 3 is 2.65 bits per heavy atom. The topological polar surface area (TPSA) is 85.9 Å². The fraction of sp³-hybridized carbons (Fsp3) is 0.263. The Kier molecular flexibility index (Phi) is 5.58. The fourth-order valence-corrected chi connectivity index (χ4v) is 2.54. The molecule has 7 nitrogen and oxygen atoms in total. The predicted octanol–water partition coefficient (Wildman–Crippen LogP) is 2.69. The van der Waals surface area contributed by atoms with Crippen LogP contribution in [0.15, 0.2) is 42.5 Å². The van der Waals surface area contributed by atoms with Gasteiger partial charge in [-0.1, -0.05) is 6.07 Å². The largest absolute Gasteiger partial charge is 0.486 e. The van der Waals surface area contributed by atoms with Gasteiger partial charge < -0.3 is 24.8 Å². The highest BCUT2D eigenvalue weighted by atomic mass is 16.6. The van der Waals surface area contributed by atoms with Gasteiger partial charge >= 0.3 is 5.97 Å². The van der Waals surface area contributed by atoms with Gasteiger partial charge in [0.15, 0.2) is 11.5 Å². The minimum absolute atomic E-state index is 0.127. The van der Waals surface area contributed by atoms with Gasteiger partial charge in [0, 0.05) is 30.4 Å². The molecule has 0 spiro atoms. The molecule has 0 atom stereocenters. The van der Waals surface area contributed by atoms with Crippen LogP contribution < -0.4 is 20.1 Å². The number of hydrogen-bond acceptors (Lipinski definition) is 6. The third kappa shape index (κ3) is 4.44. The van der Waals surface area contributed by atoms with Crippen LogP contribution in [-0.4, -0.2) is 38.7 Å². The van der Waals surface area contributed by atoms with Crippen molar-refractivity contribution in [2.45, 2.75) is 6.42 Å². The van der Waals surface area contributed by atoms with E-state index < -0.39 is 5.97 Å². The van der Waals surface area contributed by atoms with E-state index >= 15 is 0 Å². The van der Waals surface area contributed by atoms with Crippen molar-refractivity contribution in [3.8, 4) is 11.5 Å². The van der Waals surface area contributed by atoms with Crippen LogP contribution in [0, 0.1) is 0 Å². The summed E-state index contributed by atoms with van der Waals surface area (Å²) in [5, 5.41) is 5.95. The van der Waals surface area contributed by atoms with Crippen molar-refractivity contribution >= 4 is 23.3 Å². The Hall–Kier alpha value is -3.22. The summed E-state index contributed by atoms with van der Waals surface area (Å²) < 4.78 is 15.6. The number of carbonyl (C=O) groups excluding carboxylic acids is 2. The zero-order chi connectivity index (χ0) is 18.4. The van der Waals surface area contributed by atoms with Crippen LogP contribution in [0.25, 0.3) is 0 Å². The highest BCUT2D eigenvalue weighted by molar-refractivity contribution is 5.92. The molecule has 0 bridgehead atoms. The number of benzene rings is 2. The van der Waals surface area contributed by atoms with Gasteiger partial charge in [-0.2, -0.15) is 0 Å². The third-order valence-corrected chi connectivity index (χ3v) is 3.79. The summed E-state index contributed by atoms with van der Waals surface area (Å²) in [6.45, 7) is 1.46. The number of fused-ring (bicyclic) bond motifs is 1. The third-order valence-electron chi connectivity index (χ3n) is 3.79.